The number of hydrogen-bond donors (Lipinski definition) is 1. The van der Waals surface area contributed by atoms with Crippen molar-refractivity contribution in [2.24, 2.45) is 4.99 Å². The molecule has 3 rings (SSSR count). The minimum absolute atomic E-state index is 0.0129. The lowest BCUT2D eigenvalue weighted by atomic mass is 9.87. The van der Waals surface area contributed by atoms with Crippen molar-refractivity contribution in [3.05, 3.63) is 29.8 Å². The molecule has 1 aromatic rings. The number of rotatable bonds is 5. The lowest BCUT2D eigenvalue weighted by Gasteiger charge is -2.25. The summed E-state index contributed by atoms with van der Waals surface area (Å²) in [6.07, 6.45) is 3.76. The molecule has 1 aromatic carbocycles. The van der Waals surface area contributed by atoms with Crippen LogP contribution in [0.1, 0.15) is 45.6 Å². The zero-order chi connectivity index (χ0) is 21.1. The van der Waals surface area contributed by atoms with Crippen LogP contribution in [-0.4, -0.2) is 75.7 Å². The van der Waals surface area contributed by atoms with E-state index in [1.54, 1.807) is 19.2 Å². The molecule has 0 spiro atoms. The van der Waals surface area contributed by atoms with E-state index >= 15 is 0 Å². The molecule has 0 aliphatic carbocycles. The third kappa shape index (κ3) is 5.51. The highest BCUT2D eigenvalue weighted by Gasteiger charge is 2.30. The highest BCUT2D eigenvalue weighted by atomic mass is 32.2. The van der Waals surface area contributed by atoms with E-state index in [1.807, 2.05) is 12.1 Å². The molecule has 2 saturated heterocycles. The normalized spacial score (nSPS) is 21.7. The lowest BCUT2D eigenvalue weighted by Crippen LogP contribution is -2.43. The maximum absolute atomic E-state index is 12.7. The maximum atomic E-state index is 12.7. The molecule has 1 atom stereocenters. The summed E-state index contributed by atoms with van der Waals surface area (Å²) >= 11 is 0. The molecule has 1 unspecified atom stereocenters. The second-order valence-corrected chi connectivity index (χ2v) is 11.3. The minimum Gasteiger partial charge on any atom is -0.355 e. The molecule has 162 valence electrons. The van der Waals surface area contributed by atoms with E-state index in [-0.39, 0.29) is 11.2 Å². The van der Waals surface area contributed by atoms with Gasteiger partial charge in [-0.3, -0.25) is 9.89 Å². The first kappa shape index (κ1) is 22.1. The van der Waals surface area contributed by atoms with Crippen molar-refractivity contribution in [3.63, 3.8) is 0 Å². The summed E-state index contributed by atoms with van der Waals surface area (Å²) in [7, 11) is -1.55. The Hall–Kier alpha value is -1.60. The number of nitrogens with zero attached hydrogens (tertiary/aromatic N) is 3. The van der Waals surface area contributed by atoms with Gasteiger partial charge in [-0.25, -0.2) is 8.42 Å². The molecule has 0 aromatic heterocycles. The first-order chi connectivity index (χ1) is 13.7. The smallest absolute Gasteiger partial charge is 0.193 e. The number of guanidine groups is 1. The highest BCUT2D eigenvalue weighted by Crippen LogP contribution is 2.24. The number of benzene rings is 1. The van der Waals surface area contributed by atoms with Gasteiger partial charge in [-0.05, 0) is 55.5 Å². The molecule has 2 fully saturated rings. The highest BCUT2D eigenvalue weighted by molar-refractivity contribution is 7.91. The number of hydrogen-bond acceptors (Lipinski definition) is 4. The van der Waals surface area contributed by atoms with Crippen LogP contribution in [-0.2, 0) is 15.3 Å². The number of sulfone groups is 1. The molecule has 0 amide bonds. The zero-order valence-electron chi connectivity index (χ0n) is 18.3. The van der Waals surface area contributed by atoms with Crippen LogP contribution < -0.4 is 5.32 Å². The summed E-state index contributed by atoms with van der Waals surface area (Å²) in [6.45, 7) is 11.1. The van der Waals surface area contributed by atoms with Gasteiger partial charge in [-0.2, -0.15) is 0 Å². The Morgan fingerprint density at radius 3 is 2.38 bits per heavy atom. The van der Waals surface area contributed by atoms with Gasteiger partial charge >= 0.3 is 0 Å². The quantitative estimate of drug-likeness (QED) is 0.586. The Kier molecular flexibility index (Phi) is 6.89. The third-order valence-electron chi connectivity index (χ3n) is 6.07. The molecular formula is C22H36N4O2S. The molecule has 2 aliphatic rings. The summed E-state index contributed by atoms with van der Waals surface area (Å²) < 4.78 is 25.4. The molecule has 2 aliphatic heterocycles. The molecule has 0 saturated carbocycles. The van der Waals surface area contributed by atoms with Gasteiger partial charge in [0.15, 0.2) is 15.8 Å². The topological polar surface area (TPSA) is 65.0 Å². The monoisotopic (exact) mass is 420 g/mol. The first-order valence-corrected chi connectivity index (χ1v) is 12.4. The van der Waals surface area contributed by atoms with Gasteiger partial charge < -0.3 is 10.2 Å². The average Bonchev–Trinajstić information content (AvgIpc) is 3.36. The van der Waals surface area contributed by atoms with Crippen molar-refractivity contribution < 1.29 is 8.42 Å². The van der Waals surface area contributed by atoms with Crippen LogP contribution in [0.15, 0.2) is 34.2 Å². The van der Waals surface area contributed by atoms with Crippen LogP contribution in [0, 0.1) is 0 Å². The van der Waals surface area contributed by atoms with Gasteiger partial charge in [0.2, 0.25) is 0 Å². The Morgan fingerprint density at radius 1 is 1.14 bits per heavy atom. The van der Waals surface area contributed by atoms with E-state index in [0.29, 0.717) is 17.5 Å². The molecular weight excluding hydrogens is 384 g/mol. The van der Waals surface area contributed by atoms with Crippen LogP contribution >= 0.6 is 0 Å². The van der Waals surface area contributed by atoms with Gasteiger partial charge in [0, 0.05) is 32.7 Å². The SMILES string of the molecule is CN=C(NCCS(=O)(=O)c1ccc(C(C)(C)C)cc1)N1CCC(N2CCCC2)C1. The van der Waals surface area contributed by atoms with Crippen molar-refractivity contribution in [2.75, 3.05) is 45.5 Å². The fourth-order valence-corrected chi connectivity index (χ4v) is 5.41. The summed E-state index contributed by atoms with van der Waals surface area (Å²) in [5, 5.41) is 3.26. The van der Waals surface area contributed by atoms with Gasteiger partial charge in [0.25, 0.3) is 0 Å². The Labute approximate surface area is 176 Å². The summed E-state index contributed by atoms with van der Waals surface area (Å²) in [6, 6.07) is 7.89. The lowest BCUT2D eigenvalue weighted by molar-refractivity contribution is 0.249. The minimum atomic E-state index is -3.32. The third-order valence-corrected chi connectivity index (χ3v) is 7.80. The summed E-state index contributed by atoms with van der Waals surface area (Å²) in [5.41, 5.74) is 1.15. The van der Waals surface area contributed by atoms with Crippen molar-refractivity contribution >= 4 is 15.8 Å². The predicted molar refractivity (Wildman–Crippen MR) is 119 cm³/mol. The zero-order valence-corrected chi connectivity index (χ0v) is 19.1. The standard InChI is InChI=1S/C22H36N4O2S/c1-22(2,3)18-7-9-20(10-8-18)29(27,28)16-12-24-21(23-4)26-15-11-19(17-26)25-13-5-6-14-25/h7-10,19H,5-6,11-17H2,1-4H3,(H,23,24). The van der Waals surface area contributed by atoms with Crippen LogP contribution in [0.25, 0.3) is 0 Å². The van der Waals surface area contributed by atoms with Gasteiger partial charge in [-0.1, -0.05) is 32.9 Å². The van der Waals surface area contributed by atoms with E-state index in [1.165, 1.54) is 25.9 Å². The van der Waals surface area contributed by atoms with Crippen LogP contribution in [0.5, 0.6) is 0 Å². The molecule has 0 radical (unpaired) electrons. The Bertz CT molecular complexity index is 806. The second kappa shape index (κ2) is 9.04. The fourth-order valence-electron chi connectivity index (χ4n) is 4.25. The number of nitrogens with one attached hydrogen (secondary N) is 1. The van der Waals surface area contributed by atoms with Gasteiger partial charge in [0.1, 0.15) is 0 Å². The van der Waals surface area contributed by atoms with E-state index in [0.717, 1.165) is 31.0 Å². The van der Waals surface area contributed by atoms with Crippen molar-refractivity contribution in [1.29, 1.82) is 0 Å². The van der Waals surface area contributed by atoms with E-state index in [2.05, 4.69) is 40.9 Å². The van der Waals surface area contributed by atoms with Crippen LogP contribution in [0.2, 0.25) is 0 Å². The Balaban J connectivity index is 1.52. The van der Waals surface area contributed by atoms with Crippen molar-refractivity contribution in [1.82, 2.24) is 15.1 Å². The molecule has 29 heavy (non-hydrogen) atoms. The second-order valence-electron chi connectivity index (χ2n) is 9.20. The number of likely N-dealkylation sites (tertiary alicyclic amines) is 2. The van der Waals surface area contributed by atoms with Gasteiger partial charge in [-0.15, -0.1) is 0 Å². The molecule has 0 bridgehead atoms. The van der Waals surface area contributed by atoms with Crippen LogP contribution in [0.3, 0.4) is 0 Å². The maximum Gasteiger partial charge on any atom is 0.193 e. The number of aliphatic imine (C=N–C) groups is 1. The van der Waals surface area contributed by atoms with Crippen molar-refractivity contribution in [3.8, 4) is 0 Å². The average molecular weight is 421 g/mol. The van der Waals surface area contributed by atoms with Crippen LogP contribution in [0.4, 0.5) is 0 Å². The van der Waals surface area contributed by atoms with E-state index in [4.69, 9.17) is 0 Å². The molecule has 1 N–H and O–H groups in total. The summed E-state index contributed by atoms with van der Waals surface area (Å²) in [4.78, 5) is 9.61. The Morgan fingerprint density at radius 2 is 1.79 bits per heavy atom. The fraction of sp³-hybridized carbons (Fsp3) is 0.682. The first-order valence-electron chi connectivity index (χ1n) is 10.7. The molecule has 2 heterocycles. The van der Waals surface area contributed by atoms with E-state index in [9.17, 15) is 8.42 Å². The summed E-state index contributed by atoms with van der Waals surface area (Å²) in [5.74, 6) is 0.870. The largest absolute Gasteiger partial charge is 0.355 e. The predicted octanol–water partition coefficient (Wildman–Crippen LogP) is 2.50. The molecule has 6 nitrogen and oxygen atoms in total. The van der Waals surface area contributed by atoms with E-state index < -0.39 is 9.84 Å². The van der Waals surface area contributed by atoms with Gasteiger partial charge in [0.05, 0.1) is 10.6 Å². The van der Waals surface area contributed by atoms with Crippen molar-refractivity contribution in [2.45, 2.75) is 56.4 Å². The molecule has 7 heteroatoms.